The molecule has 22 heavy (non-hydrogen) atoms. The number of carbonyl (C=O) groups is 1. The summed E-state index contributed by atoms with van der Waals surface area (Å²) in [4.78, 5) is 20.7. The van der Waals surface area contributed by atoms with Gasteiger partial charge in [0.15, 0.2) is 0 Å². The van der Waals surface area contributed by atoms with Crippen LogP contribution in [0.1, 0.15) is 27.7 Å². The lowest BCUT2D eigenvalue weighted by atomic mass is 10.2. The normalized spacial score (nSPS) is 21.5. The van der Waals surface area contributed by atoms with Gasteiger partial charge in [0.05, 0.1) is 24.1 Å². The van der Waals surface area contributed by atoms with Gasteiger partial charge in [-0.15, -0.1) is 0 Å². The molecule has 0 aromatic carbocycles. The van der Waals surface area contributed by atoms with Crippen LogP contribution in [0.5, 0.6) is 0 Å². The number of urea groups is 1. The molecule has 0 aliphatic carbocycles. The number of nitrogens with zero attached hydrogens (tertiary/aromatic N) is 3. The van der Waals surface area contributed by atoms with Crippen LogP contribution >= 0.6 is 0 Å². The Morgan fingerprint density at radius 2 is 1.95 bits per heavy atom. The van der Waals surface area contributed by atoms with Gasteiger partial charge in [0, 0.05) is 26.2 Å². The molecule has 122 valence electrons. The molecule has 2 heterocycles. The van der Waals surface area contributed by atoms with Crippen molar-refractivity contribution >= 4 is 17.5 Å². The van der Waals surface area contributed by atoms with Crippen LogP contribution in [0.2, 0.25) is 0 Å². The summed E-state index contributed by atoms with van der Waals surface area (Å²) < 4.78 is 5.64. The SMILES string of the molecule is CCN(CC)c1ccc(NC(=O)N2C[C@@H](C)O[C@H](C)C2)cn1. The van der Waals surface area contributed by atoms with E-state index in [1.807, 2.05) is 26.0 Å². The molecule has 2 atom stereocenters. The first-order valence-corrected chi connectivity index (χ1v) is 7.95. The standard InChI is InChI=1S/C16H26N4O2/c1-5-19(6-2)15-8-7-14(9-17-15)18-16(21)20-10-12(3)22-13(4)11-20/h7-9,12-13H,5-6,10-11H2,1-4H3,(H,18,21)/t12-,13-/m1/s1. The highest BCUT2D eigenvalue weighted by molar-refractivity contribution is 5.89. The van der Waals surface area contributed by atoms with Gasteiger partial charge >= 0.3 is 6.03 Å². The van der Waals surface area contributed by atoms with E-state index in [0.717, 1.165) is 18.9 Å². The summed E-state index contributed by atoms with van der Waals surface area (Å²) in [5.41, 5.74) is 0.715. The number of hydrogen-bond donors (Lipinski definition) is 1. The zero-order chi connectivity index (χ0) is 16.1. The molecule has 1 aliphatic rings. The summed E-state index contributed by atoms with van der Waals surface area (Å²) in [6.07, 6.45) is 1.84. The van der Waals surface area contributed by atoms with E-state index in [2.05, 4.69) is 29.0 Å². The Morgan fingerprint density at radius 1 is 1.32 bits per heavy atom. The summed E-state index contributed by atoms with van der Waals surface area (Å²) in [5.74, 6) is 0.927. The van der Waals surface area contributed by atoms with E-state index in [9.17, 15) is 4.79 Å². The second kappa shape index (κ2) is 7.45. The fraction of sp³-hybridized carbons (Fsp3) is 0.625. The quantitative estimate of drug-likeness (QED) is 0.929. The van der Waals surface area contributed by atoms with Crippen molar-refractivity contribution in [2.75, 3.05) is 36.4 Å². The maximum absolute atomic E-state index is 12.3. The molecule has 0 saturated carbocycles. The van der Waals surface area contributed by atoms with Gasteiger partial charge in [-0.2, -0.15) is 0 Å². The van der Waals surface area contributed by atoms with Gasteiger partial charge in [-0.3, -0.25) is 0 Å². The monoisotopic (exact) mass is 306 g/mol. The molecule has 6 nitrogen and oxygen atoms in total. The van der Waals surface area contributed by atoms with E-state index < -0.39 is 0 Å². The van der Waals surface area contributed by atoms with Crippen molar-refractivity contribution < 1.29 is 9.53 Å². The second-order valence-corrected chi connectivity index (χ2v) is 5.67. The van der Waals surface area contributed by atoms with Crippen LogP contribution in [0.25, 0.3) is 0 Å². The molecule has 1 saturated heterocycles. The smallest absolute Gasteiger partial charge is 0.322 e. The predicted octanol–water partition coefficient (Wildman–Crippen LogP) is 2.57. The molecule has 1 fully saturated rings. The number of nitrogens with one attached hydrogen (secondary N) is 1. The van der Waals surface area contributed by atoms with Crippen LogP contribution < -0.4 is 10.2 Å². The van der Waals surface area contributed by atoms with Gasteiger partial charge < -0.3 is 19.9 Å². The summed E-state index contributed by atoms with van der Waals surface area (Å²) in [7, 11) is 0. The Kier molecular flexibility index (Phi) is 5.60. The number of pyridine rings is 1. The Bertz CT molecular complexity index is 477. The maximum atomic E-state index is 12.3. The third kappa shape index (κ3) is 4.10. The fourth-order valence-corrected chi connectivity index (χ4v) is 2.74. The average Bonchev–Trinajstić information content (AvgIpc) is 2.49. The van der Waals surface area contributed by atoms with Gasteiger partial charge in [0.1, 0.15) is 5.82 Å². The highest BCUT2D eigenvalue weighted by atomic mass is 16.5. The molecule has 1 aromatic rings. The Hall–Kier alpha value is -1.82. The van der Waals surface area contributed by atoms with Crippen LogP contribution in [0.4, 0.5) is 16.3 Å². The van der Waals surface area contributed by atoms with Crippen molar-refractivity contribution in [3.8, 4) is 0 Å². The van der Waals surface area contributed by atoms with Gasteiger partial charge in [0.25, 0.3) is 0 Å². The van der Waals surface area contributed by atoms with Gasteiger partial charge in [-0.05, 0) is 39.8 Å². The molecular weight excluding hydrogens is 280 g/mol. The van der Waals surface area contributed by atoms with Crippen molar-refractivity contribution in [1.29, 1.82) is 0 Å². The third-order valence-electron chi connectivity index (χ3n) is 3.79. The van der Waals surface area contributed by atoms with Crippen molar-refractivity contribution in [2.45, 2.75) is 39.9 Å². The lowest BCUT2D eigenvalue weighted by molar-refractivity contribution is -0.0530. The zero-order valence-corrected chi connectivity index (χ0v) is 13.9. The first-order chi connectivity index (χ1) is 10.5. The number of carbonyl (C=O) groups excluding carboxylic acids is 1. The lowest BCUT2D eigenvalue weighted by Crippen LogP contribution is -2.49. The largest absolute Gasteiger partial charge is 0.372 e. The maximum Gasteiger partial charge on any atom is 0.322 e. The molecule has 1 aromatic heterocycles. The Labute approximate surface area is 132 Å². The predicted molar refractivity (Wildman–Crippen MR) is 88.4 cm³/mol. The first kappa shape index (κ1) is 16.5. The average molecular weight is 306 g/mol. The number of morpholine rings is 1. The van der Waals surface area contributed by atoms with Crippen LogP contribution in [-0.4, -0.2) is 54.3 Å². The molecule has 0 bridgehead atoms. The number of amides is 2. The van der Waals surface area contributed by atoms with Crippen molar-refractivity contribution in [1.82, 2.24) is 9.88 Å². The summed E-state index contributed by atoms with van der Waals surface area (Å²) in [6.45, 7) is 11.2. The van der Waals surface area contributed by atoms with Gasteiger partial charge in [-0.1, -0.05) is 0 Å². The molecule has 1 N–H and O–H groups in total. The van der Waals surface area contributed by atoms with Crippen LogP contribution in [-0.2, 0) is 4.74 Å². The number of hydrogen-bond acceptors (Lipinski definition) is 4. The zero-order valence-electron chi connectivity index (χ0n) is 13.9. The van der Waals surface area contributed by atoms with Gasteiger partial charge in [-0.25, -0.2) is 9.78 Å². The Morgan fingerprint density at radius 3 is 2.45 bits per heavy atom. The highest BCUT2D eigenvalue weighted by Crippen LogP contribution is 2.16. The molecule has 2 rings (SSSR count). The number of anilines is 2. The summed E-state index contributed by atoms with van der Waals surface area (Å²) in [5, 5.41) is 2.91. The fourth-order valence-electron chi connectivity index (χ4n) is 2.74. The van der Waals surface area contributed by atoms with Crippen molar-refractivity contribution in [3.05, 3.63) is 18.3 Å². The molecule has 0 spiro atoms. The van der Waals surface area contributed by atoms with E-state index in [-0.39, 0.29) is 18.2 Å². The number of ether oxygens (including phenoxy) is 1. The molecule has 1 aliphatic heterocycles. The third-order valence-corrected chi connectivity index (χ3v) is 3.79. The molecule has 0 radical (unpaired) electrons. The lowest BCUT2D eigenvalue weighted by Gasteiger charge is -2.35. The van der Waals surface area contributed by atoms with Crippen LogP contribution in [0, 0.1) is 0 Å². The topological polar surface area (TPSA) is 57.7 Å². The van der Waals surface area contributed by atoms with Gasteiger partial charge in [0.2, 0.25) is 0 Å². The molecular formula is C16H26N4O2. The van der Waals surface area contributed by atoms with Crippen LogP contribution in [0.3, 0.4) is 0 Å². The minimum Gasteiger partial charge on any atom is -0.372 e. The Balaban J connectivity index is 1.97. The highest BCUT2D eigenvalue weighted by Gasteiger charge is 2.25. The van der Waals surface area contributed by atoms with Crippen LogP contribution in [0.15, 0.2) is 18.3 Å². The van der Waals surface area contributed by atoms with E-state index >= 15 is 0 Å². The molecule has 6 heteroatoms. The van der Waals surface area contributed by atoms with Crippen molar-refractivity contribution in [2.24, 2.45) is 0 Å². The number of aromatic nitrogens is 1. The minimum absolute atomic E-state index is 0.0673. The summed E-state index contributed by atoms with van der Waals surface area (Å²) in [6, 6.07) is 3.73. The molecule has 2 amide bonds. The number of rotatable bonds is 4. The van der Waals surface area contributed by atoms with Crippen molar-refractivity contribution in [3.63, 3.8) is 0 Å². The van der Waals surface area contributed by atoms with E-state index in [0.29, 0.717) is 18.8 Å². The summed E-state index contributed by atoms with van der Waals surface area (Å²) >= 11 is 0. The second-order valence-electron chi connectivity index (χ2n) is 5.67. The minimum atomic E-state index is -0.0978. The first-order valence-electron chi connectivity index (χ1n) is 7.95. The van der Waals surface area contributed by atoms with E-state index in [1.165, 1.54) is 0 Å². The van der Waals surface area contributed by atoms with E-state index in [1.54, 1.807) is 11.1 Å². The van der Waals surface area contributed by atoms with E-state index in [4.69, 9.17) is 4.74 Å². The molecule has 0 unspecified atom stereocenters.